The van der Waals surface area contributed by atoms with Crippen molar-refractivity contribution >= 4 is 28.6 Å². The van der Waals surface area contributed by atoms with Crippen molar-refractivity contribution < 1.29 is 14.3 Å². The van der Waals surface area contributed by atoms with Crippen LogP contribution in [0.2, 0.25) is 0 Å². The van der Waals surface area contributed by atoms with Gasteiger partial charge in [-0.1, -0.05) is 20.8 Å². The highest BCUT2D eigenvalue weighted by molar-refractivity contribution is 8.01. The molecule has 27 heavy (non-hydrogen) atoms. The monoisotopic (exact) mass is 387 g/mol. The van der Waals surface area contributed by atoms with Gasteiger partial charge in [-0.2, -0.15) is 0 Å². The van der Waals surface area contributed by atoms with E-state index in [1.165, 1.54) is 6.07 Å². The Morgan fingerprint density at radius 3 is 2.52 bits per heavy atom. The summed E-state index contributed by atoms with van der Waals surface area (Å²) in [5.74, 6) is -0.909. The van der Waals surface area contributed by atoms with Gasteiger partial charge in [-0.3, -0.25) is 4.79 Å². The van der Waals surface area contributed by atoms with Crippen LogP contribution in [0.5, 0.6) is 0 Å². The third-order valence-corrected chi connectivity index (χ3v) is 5.44. The second-order valence-corrected chi connectivity index (χ2v) is 9.65. The number of halogens is 1. The van der Waals surface area contributed by atoms with Crippen LogP contribution in [0.3, 0.4) is 0 Å². The van der Waals surface area contributed by atoms with Crippen LogP contribution >= 0.6 is 11.8 Å². The fraction of sp³-hybridized carbons (Fsp3) is 0.350. The van der Waals surface area contributed by atoms with Gasteiger partial charge in [-0.25, -0.2) is 14.4 Å². The van der Waals surface area contributed by atoms with E-state index in [0.717, 1.165) is 22.8 Å². The summed E-state index contributed by atoms with van der Waals surface area (Å²) in [4.78, 5) is 23.7. The first-order valence-electron chi connectivity index (χ1n) is 8.56. The largest absolute Gasteiger partial charge is 0.480 e. The Hall–Kier alpha value is -2.41. The predicted molar refractivity (Wildman–Crippen MR) is 106 cm³/mol. The number of nitrogens with one attached hydrogen (secondary N) is 1. The molecule has 0 atom stereocenters. The molecule has 2 aromatic heterocycles. The second-order valence-electron chi connectivity index (χ2n) is 7.99. The van der Waals surface area contributed by atoms with Crippen molar-refractivity contribution in [2.75, 3.05) is 0 Å². The Bertz CT molecular complexity index is 1020. The quantitative estimate of drug-likeness (QED) is 0.615. The first kappa shape index (κ1) is 19.4. The zero-order valence-electron chi connectivity index (χ0n) is 15.9. The smallest absolute Gasteiger partial charge is 0.319 e. The molecule has 0 aliphatic carbocycles. The normalized spacial score (nSPS) is 12.5. The molecule has 142 valence electrons. The van der Waals surface area contributed by atoms with E-state index in [-0.39, 0.29) is 5.41 Å². The Kier molecular flexibility index (Phi) is 4.76. The number of rotatable bonds is 4. The number of carboxylic acids is 1. The minimum Gasteiger partial charge on any atom is -0.480 e. The third kappa shape index (κ3) is 3.98. The van der Waals surface area contributed by atoms with E-state index in [9.17, 15) is 14.3 Å². The number of benzene rings is 1. The number of aromatic amines is 1. The first-order chi connectivity index (χ1) is 12.5. The van der Waals surface area contributed by atoms with Gasteiger partial charge in [0, 0.05) is 33.1 Å². The number of hydrogen-bond acceptors (Lipinski definition) is 4. The van der Waals surface area contributed by atoms with Crippen molar-refractivity contribution in [3.63, 3.8) is 0 Å². The summed E-state index contributed by atoms with van der Waals surface area (Å²) in [5, 5.41) is 10.1. The summed E-state index contributed by atoms with van der Waals surface area (Å²) in [6.45, 7) is 9.34. The highest BCUT2D eigenvalue weighted by Crippen LogP contribution is 2.37. The summed E-state index contributed by atoms with van der Waals surface area (Å²) < 4.78 is 13.4. The molecule has 2 heterocycles. The Morgan fingerprint density at radius 2 is 1.89 bits per heavy atom. The van der Waals surface area contributed by atoms with E-state index >= 15 is 0 Å². The Labute approximate surface area is 161 Å². The molecule has 0 amide bonds. The van der Waals surface area contributed by atoms with Gasteiger partial charge in [0.1, 0.15) is 10.6 Å². The lowest BCUT2D eigenvalue weighted by Crippen LogP contribution is -2.27. The molecule has 2 N–H and O–H groups in total. The number of carbonyl (C=O) groups is 1. The molecular weight excluding hydrogens is 365 g/mol. The van der Waals surface area contributed by atoms with Crippen LogP contribution in [-0.2, 0) is 10.2 Å². The zero-order valence-corrected chi connectivity index (χ0v) is 16.7. The molecule has 0 spiro atoms. The van der Waals surface area contributed by atoms with Crippen molar-refractivity contribution in [1.29, 1.82) is 0 Å². The number of hydrogen-bond donors (Lipinski definition) is 2. The van der Waals surface area contributed by atoms with E-state index in [4.69, 9.17) is 0 Å². The minimum absolute atomic E-state index is 0.109. The zero-order chi connectivity index (χ0) is 20.0. The van der Waals surface area contributed by atoms with E-state index < -0.39 is 16.5 Å². The summed E-state index contributed by atoms with van der Waals surface area (Å²) in [6.07, 6.45) is 1.71. The van der Waals surface area contributed by atoms with Crippen molar-refractivity contribution in [2.45, 2.75) is 49.7 Å². The topological polar surface area (TPSA) is 78.9 Å². The van der Waals surface area contributed by atoms with Crippen LogP contribution < -0.4 is 0 Å². The number of aliphatic carboxylic acids is 1. The van der Waals surface area contributed by atoms with Crippen LogP contribution in [0.15, 0.2) is 35.4 Å². The molecule has 0 saturated heterocycles. The lowest BCUT2D eigenvalue weighted by molar-refractivity contribution is -0.138. The number of fused-ring (bicyclic) bond motifs is 1. The number of aromatic nitrogens is 3. The maximum Gasteiger partial charge on any atom is 0.319 e. The van der Waals surface area contributed by atoms with E-state index in [2.05, 4.69) is 35.7 Å². The average Bonchev–Trinajstić information content (AvgIpc) is 2.97. The molecule has 3 rings (SSSR count). The molecule has 0 radical (unpaired) electrons. The lowest BCUT2D eigenvalue weighted by atomic mass is 9.92. The number of nitrogens with zero attached hydrogens (tertiary/aromatic N) is 2. The van der Waals surface area contributed by atoms with Gasteiger partial charge in [0.2, 0.25) is 0 Å². The lowest BCUT2D eigenvalue weighted by Gasteiger charge is -2.18. The van der Waals surface area contributed by atoms with Crippen molar-refractivity contribution in [2.24, 2.45) is 0 Å². The van der Waals surface area contributed by atoms with Gasteiger partial charge in [0.05, 0.1) is 5.69 Å². The number of H-pyrrole nitrogens is 1. The SMILES string of the molecule is CC(C)(Sc1cc2cc(-c3nccc(C(C)(C)C)n3)[nH]c2cc1F)C(=O)O. The predicted octanol–water partition coefficient (Wildman–Crippen LogP) is 5.02. The molecule has 3 aromatic rings. The summed E-state index contributed by atoms with van der Waals surface area (Å²) >= 11 is 0.987. The van der Waals surface area contributed by atoms with Crippen LogP contribution in [0.1, 0.15) is 40.3 Å². The van der Waals surface area contributed by atoms with Crippen molar-refractivity contribution in [3.8, 4) is 11.5 Å². The summed E-state index contributed by atoms with van der Waals surface area (Å²) in [5.41, 5.74) is 2.11. The average molecular weight is 387 g/mol. The van der Waals surface area contributed by atoms with Crippen LogP contribution in [0.4, 0.5) is 4.39 Å². The highest BCUT2D eigenvalue weighted by Gasteiger charge is 2.30. The van der Waals surface area contributed by atoms with Gasteiger partial charge in [-0.05, 0) is 38.1 Å². The van der Waals surface area contributed by atoms with Gasteiger partial charge in [-0.15, -0.1) is 11.8 Å². The maximum atomic E-state index is 14.5. The minimum atomic E-state index is -1.13. The van der Waals surface area contributed by atoms with Crippen LogP contribution in [0.25, 0.3) is 22.4 Å². The van der Waals surface area contributed by atoms with Gasteiger partial charge < -0.3 is 10.1 Å². The van der Waals surface area contributed by atoms with Crippen molar-refractivity contribution in [1.82, 2.24) is 15.0 Å². The molecule has 0 aliphatic rings. The molecule has 0 aliphatic heterocycles. The van der Waals surface area contributed by atoms with Crippen LogP contribution in [0, 0.1) is 5.82 Å². The van der Waals surface area contributed by atoms with E-state index in [1.54, 1.807) is 26.1 Å². The van der Waals surface area contributed by atoms with E-state index in [0.29, 0.717) is 21.9 Å². The standard InChI is InChI=1S/C20H22FN3O2S/c1-19(2,3)16-6-7-22-17(24-16)14-8-11-9-15(12(21)10-13(11)23-14)27-20(4,5)18(25)26/h6-10,23H,1-5H3,(H,25,26). The molecule has 7 heteroatoms. The van der Waals surface area contributed by atoms with Crippen LogP contribution in [-0.4, -0.2) is 30.8 Å². The maximum absolute atomic E-state index is 14.5. The molecular formula is C20H22FN3O2S. The van der Waals surface area contributed by atoms with Crippen molar-refractivity contribution in [3.05, 3.63) is 42.0 Å². The van der Waals surface area contributed by atoms with Gasteiger partial charge >= 0.3 is 5.97 Å². The number of carboxylic acid groups (broad SMARTS) is 1. The molecule has 0 unspecified atom stereocenters. The summed E-state index contributed by atoms with van der Waals surface area (Å²) in [7, 11) is 0. The molecule has 1 aromatic carbocycles. The summed E-state index contributed by atoms with van der Waals surface area (Å²) in [6, 6.07) is 6.78. The van der Waals surface area contributed by atoms with Gasteiger partial charge in [0.15, 0.2) is 5.82 Å². The van der Waals surface area contributed by atoms with Gasteiger partial charge in [0.25, 0.3) is 0 Å². The Morgan fingerprint density at radius 1 is 1.19 bits per heavy atom. The molecule has 5 nitrogen and oxygen atoms in total. The molecule has 0 fully saturated rings. The highest BCUT2D eigenvalue weighted by atomic mass is 32.2. The third-order valence-electron chi connectivity index (χ3n) is 4.22. The second kappa shape index (κ2) is 6.64. The fourth-order valence-electron chi connectivity index (χ4n) is 2.56. The molecule has 0 saturated carbocycles. The fourth-order valence-corrected chi connectivity index (χ4v) is 3.54. The van der Waals surface area contributed by atoms with E-state index in [1.807, 2.05) is 12.1 Å². The molecule has 0 bridgehead atoms. The Balaban J connectivity index is 2.03. The number of thioether (sulfide) groups is 1. The first-order valence-corrected chi connectivity index (χ1v) is 9.37.